The fourth-order valence-electron chi connectivity index (χ4n) is 8.19. The van der Waals surface area contributed by atoms with Crippen molar-refractivity contribution in [1.82, 2.24) is 0 Å². The van der Waals surface area contributed by atoms with Gasteiger partial charge in [0, 0.05) is 80.6 Å². The molecule has 2 nitrogen and oxygen atoms in total. The van der Waals surface area contributed by atoms with Gasteiger partial charge in [-0.1, -0.05) is 133 Å². The topological polar surface area (TPSA) is 6.48 Å². The number of anilines is 4. The largest absolute Gasteiger partial charge is 0.366 e. The van der Waals surface area contributed by atoms with Crippen molar-refractivity contribution in [3.63, 3.8) is 0 Å². The average Bonchev–Trinajstić information content (AvgIpc) is 3.89. The fourth-order valence-corrected chi connectivity index (χ4v) is 8.19. The molecule has 312 valence electrons. The molecule has 0 aliphatic heterocycles. The molecule has 10 rings (SSSR count). The van der Waals surface area contributed by atoms with E-state index in [0.717, 1.165) is 49.9 Å². The quantitative estimate of drug-likeness (QED) is 0.0615. The number of para-hydroxylation sites is 4. The summed E-state index contributed by atoms with van der Waals surface area (Å²) in [6.45, 7) is 1.98. The van der Waals surface area contributed by atoms with Crippen molar-refractivity contribution in [2.24, 2.45) is 0 Å². The number of rotatable bonds is 9. The Kier molecular flexibility index (Phi) is 16.7. The molecule has 0 saturated heterocycles. The van der Waals surface area contributed by atoms with Crippen molar-refractivity contribution >= 4 is 22.7 Å². The second-order valence-corrected chi connectivity index (χ2v) is 15.0. The molecule has 0 fully saturated rings. The van der Waals surface area contributed by atoms with Gasteiger partial charge in [-0.3, -0.25) is 11.8 Å². The molecule has 62 heavy (non-hydrogen) atoms. The van der Waals surface area contributed by atoms with Gasteiger partial charge in [0.15, 0.2) is 0 Å². The normalized spacial score (nSPS) is 10.7. The van der Waals surface area contributed by atoms with Gasteiger partial charge in [-0.15, -0.1) is 35.4 Å². The van der Waals surface area contributed by atoms with Gasteiger partial charge in [0.05, 0.1) is 0 Å². The van der Waals surface area contributed by atoms with E-state index in [4.69, 9.17) is 12.8 Å². The zero-order chi connectivity index (χ0) is 40.9. The molecule has 0 aromatic heterocycles. The Hall–Kier alpha value is -6.04. The molecular weight excluding hydrogens is 1120 g/mol. The van der Waals surface area contributed by atoms with E-state index in [-0.39, 0.29) is 44.8 Å². The molecule has 2 aliphatic carbocycles. The molecule has 8 aromatic rings. The summed E-state index contributed by atoms with van der Waals surface area (Å²) in [7, 11) is 0. The van der Waals surface area contributed by atoms with Crippen LogP contribution in [0.3, 0.4) is 0 Å². The first-order valence-electron chi connectivity index (χ1n) is 20.7. The molecule has 0 amide bonds. The minimum absolute atomic E-state index is 0. The SMILES string of the molecule is [Au].[Au].[C-]#Cc1ccc2c(c1)-c1ccccc1C2.[C-]#Cc1ccc2c(c1)-c1ccccc1C2.c1ccc(N(CCCCN(c2ccccc2)c2ccccc2)c2ccccc2)cc1. The standard InChI is InChI=1S/C28H28N2.2C15H9.2Au/c1-5-15-25(16-6-1)29(26-17-7-2-8-18-26)23-13-14-24-30(27-19-9-3-10-20-27)28-21-11-4-12-22-28;2*1-2-11-7-8-13-10-12-5-3-4-6-14(12)15(13)9-11;;/h1-12,15-22H,13-14,23-24H2;2*3-9H,10H2;;/q;2*-1;;. The molecular formula is C58H46Au2N2-2. The smallest absolute Gasteiger partial charge is 0.0410 e. The number of hydrogen-bond acceptors (Lipinski definition) is 2. The molecule has 0 atom stereocenters. The maximum Gasteiger partial charge on any atom is 0.0410 e. The van der Waals surface area contributed by atoms with Gasteiger partial charge in [0.1, 0.15) is 0 Å². The van der Waals surface area contributed by atoms with Crippen molar-refractivity contribution in [1.29, 1.82) is 0 Å². The van der Waals surface area contributed by atoms with Crippen LogP contribution in [0.4, 0.5) is 22.7 Å². The van der Waals surface area contributed by atoms with Gasteiger partial charge in [-0.05, 0) is 119 Å². The third kappa shape index (κ3) is 11.1. The molecule has 2 aliphatic rings. The first-order chi connectivity index (χ1) is 29.7. The first-order valence-corrected chi connectivity index (χ1v) is 20.7. The maximum absolute atomic E-state index is 7.14. The zero-order valence-corrected chi connectivity index (χ0v) is 38.7. The number of benzene rings is 8. The third-order valence-electron chi connectivity index (χ3n) is 11.2. The molecule has 0 bridgehead atoms. The van der Waals surface area contributed by atoms with Crippen LogP contribution in [0.1, 0.15) is 46.2 Å². The van der Waals surface area contributed by atoms with Gasteiger partial charge in [-0.25, -0.2) is 0 Å². The summed E-state index contributed by atoms with van der Waals surface area (Å²) in [5.41, 5.74) is 17.3. The van der Waals surface area contributed by atoms with Crippen molar-refractivity contribution in [3.05, 3.63) is 252 Å². The van der Waals surface area contributed by atoms with Crippen LogP contribution in [-0.4, -0.2) is 13.1 Å². The minimum atomic E-state index is 0. The van der Waals surface area contributed by atoms with Crippen LogP contribution in [0, 0.1) is 24.7 Å². The van der Waals surface area contributed by atoms with Gasteiger partial charge in [0.2, 0.25) is 0 Å². The Balaban J connectivity index is 0.000000168. The number of unbranched alkanes of at least 4 members (excludes halogenated alkanes) is 1. The van der Waals surface area contributed by atoms with Crippen molar-refractivity contribution in [2.45, 2.75) is 25.7 Å². The maximum atomic E-state index is 7.14. The van der Waals surface area contributed by atoms with E-state index >= 15 is 0 Å². The summed E-state index contributed by atoms with van der Waals surface area (Å²) in [6, 6.07) is 71.8. The molecule has 0 saturated carbocycles. The number of hydrogen-bond donors (Lipinski definition) is 0. The minimum Gasteiger partial charge on any atom is -0.366 e. The van der Waals surface area contributed by atoms with Gasteiger partial charge < -0.3 is 22.6 Å². The van der Waals surface area contributed by atoms with E-state index in [1.807, 2.05) is 24.3 Å². The van der Waals surface area contributed by atoms with Gasteiger partial charge >= 0.3 is 0 Å². The van der Waals surface area contributed by atoms with Crippen LogP contribution in [0.15, 0.2) is 206 Å². The summed E-state index contributed by atoms with van der Waals surface area (Å²) in [4.78, 5) is 4.82. The monoisotopic (exact) mass is 1160 g/mol. The summed E-state index contributed by atoms with van der Waals surface area (Å²) in [5, 5.41) is 0. The van der Waals surface area contributed by atoms with E-state index in [1.165, 1.54) is 67.3 Å². The Labute approximate surface area is 399 Å². The number of nitrogens with zero attached hydrogens (tertiary/aromatic N) is 2. The molecule has 0 heterocycles. The Morgan fingerprint density at radius 1 is 0.339 bits per heavy atom. The van der Waals surface area contributed by atoms with Crippen molar-refractivity contribution in [2.75, 3.05) is 22.9 Å². The van der Waals surface area contributed by atoms with Crippen molar-refractivity contribution in [3.8, 4) is 34.1 Å². The van der Waals surface area contributed by atoms with E-state index in [0.29, 0.717) is 0 Å². The molecule has 4 heteroatoms. The fraction of sp³-hybridized carbons (Fsp3) is 0.103. The van der Waals surface area contributed by atoms with Gasteiger partial charge in [0.25, 0.3) is 0 Å². The molecule has 2 radical (unpaired) electrons. The van der Waals surface area contributed by atoms with Crippen molar-refractivity contribution < 1.29 is 44.8 Å². The van der Waals surface area contributed by atoms with Gasteiger partial charge in [-0.2, -0.15) is 0 Å². The van der Waals surface area contributed by atoms with E-state index < -0.39 is 0 Å². The summed E-state index contributed by atoms with van der Waals surface area (Å²) in [6.07, 6.45) is 18.5. The van der Waals surface area contributed by atoms with Crippen LogP contribution >= 0.6 is 0 Å². The van der Waals surface area contributed by atoms with E-state index in [1.54, 1.807) is 0 Å². The molecule has 0 spiro atoms. The first kappa shape index (κ1) is 45.5. The molecule has 0 unspecified atom stereocenters. The second kappa shape index (κ2) is 22.7. The predicted octanol–water partition coefficient (Wildman–Crippen LogP) is 13.8. The Morgan fingerprint density at radius 2 is 0.629 bits per heavy atom. The van der Waals surface area contributed by atoms with Crippen LogP contribution in [0.5, 0.6) is 0 Å². The zero-order valence-electron chi connectivity index (χ0n) is 34.4. The summed E-state index contributed by atoms with van der Waals surface area (Å²) >= 11 is 0. The Bertz CT molecular complexity index is 2470. The van der Waals surface area contributed by atoms with Crippen LogP contribution in [0.25, 0.3) is 22.3 Å². The second-order valence-electron chi connectivity index (χ2n) is 15.0. The number of fused-ring (bicyclic) bond motifs is 6. The molecule has 8 aromatic carbocycles. The third-order valence-corrected chi connectivity index (χ3v) is 11.2. The predicted molar refractivity (Wildman–Crippen MR) is 251 cm³/mol. The van der Waals surface area contributed by atoms with Crippen LogP contribution < -0.4 is 9.80 Å². The van der Waals surface area contributed by atoms with E-state index in [9.17, 15) is 0 Å². The average molecular weight is 1160 g/mol. The summed E-state index contributed by atoms with van der Waals surface area (Å²) < 4.78 is 0. The summed E-state index contributed by atoms with van der Waals surface area (Å²) in [5.74, 6) is 4.87. The molecule has 0 N–H and O–H groups in total. The van der Waals surface area contributed by atoms with Crippen LogP contribution in [0.2, 0.25) is 0 Å². The van der Waals surface area contributed by atoms with E-state index in [2.05, 4.69) is 204 Å². The van der Waals surface area contributed by atoms with Crippen LogP contribution in [-0.2, 0) is 57.6 Å². The Morgan fingerprint density at radius 3 is 0.952 bits per heavy atom.